The minimum Gasteiger partial charge on any atom is -0.489 e. The SMILES string of the molecule is CC(=O)Nc1cc(COc2ccc(NC(=O)Nc3cc(C(C)(C)C)ccc3Cl)c(F)c2)ccn1.CC(C)(C)c1cc(NC(=O)Nc2ccc(OCc3ccnc(NC(=O)C4CC4)c3)cc2F)n(CC2CC2)n1. The third-order valence-corrected chi connectivity index (χ3v) is 11.7. The van der Waals surface area contributed by atoms with Crippen LogP contribution in [-0.2, 0) is 40.2 Å². The Bertz CT molecular complexity index is 2950. The van der Waals surface area contributed by atoms with Crippen molar-refractivity contribution in [3.05, 3.63) is 136 Å². The van der Waals surface area contributed by atoms with E-state index < -0.39 is 23.7 Å². The Labute approximate surface area is 422 Å². The minimum absolute atomic E-state index is 0.00944. The number of carbonyl (C=O) groups excluding carboxylic acids is 4. The summed E-state index contributed by atoms with van der Waals surface area (Å²) < 4.78 is 42.5. The van der Waals surface area contributed by atoms with Crippen molar-refractivity contribution in [2.75, 3.05) is 31.9 Å². The van der Waals surface area contributed by atoms with Crippen LogP contribution in [0.1, 0.15) is 96.5 Å². The lowest BCUT2D eigenvalue weighted by Gasteiger charge is -2.20. The molecule has 0 spiro atoms. The highest BCUT2D eigenvalue weighted by molar-refractivity contribution is 6.33. The zero-order valence-electron chi connectivity index (χ0n) is 41.2. The van der Waals surface area contributed by atoms with Crippen LogP contribution in [0.3, 0.4) is 0 Å². The number of carbonyl (C=O) groups is 4. The van der Waals surface area contributed by atoms with E-state index in [-0.39, 0.29) is 58.9 Å². The van der Waals surface area contributed by atoms with Crippen molar-refractivity contribution in [2.24, 2.45) is 11.8 Å². The molecule has 0 saturated heterocycles. The van der Waals surface area contributed by atoms with Crippen molar-refractivity contribution < 1.29 is 37.4 Å². The summed E-state index contributed by atoms with van der Waals surface area (Å²) in [5.74, 6) is 1.18. The molecule has 0 aliphatic heterocycles. The maximum atomic E-state index is 14.8. The maximum Gasteiger partial charge on any atom is 0.324 e. The van der Waals surface area contributed by atoms with Crippen LogP contribution in [0.2, 0.25) is 5.02 Å². The maximum absolute atomic E-state index is 14.8. The summed E-state index contributed by atoms with van der Waals surface area (Å²) in [6.07, 6.45) is 7.28. The van der Waals surface area contributed by atoms with Crippen LogP contribution in [-0.4, -0.2) is 43.6 Å². The van der Waals surface area contributed by atoms with E-state index in [9.17, 15) is 28.0 Å². The lowest BCUT2D eigenvalue weighted by Crippen LogP contribution is -2.22. The fourth-order valence-corrected chi connectivity index (χ4v) is 7.09. The number of benzene rings is 3. The zero-order chi connectivity index (χ0) is 51.7. The van der Waals surface area contributed by atoms with Gasteiger partial charge in [-0.1, -0.05) is 59.2 Å². The molecule has 16 nitrogen and oxygen atoms in total. The predicted molar refractivity (Wildman–Crippen MR) is 275 cm³/mol. The Morgan fingerprint density at radius 1 is 0.639 bits per heavy atom. The number of halogens is 3. The number of nitrogens with zero attached hydrogens (tertiary/aromatic N) is 4. The molecule has 2 aliphatic carbocycles. The van der Waals surface area contributed by atoms with Gasteiger partial charge < -0.3 is 36.1 Å². The first kappa shape index (κ1) is 52.2. The predicted octanol–water partition coefficient (Wildman–Crippen LogP) is 12.0. The Balaban J connectivity index is 0.000000213. The van der Waals surface area contributed by atoms with Gasteiger partial charge in [0.1, 0.15) is 53.8 Å². The molecule has 0 bridgehead atoms. The van der Waals surface area contributed by atoms with Gasteiger partial charge >= 0.3 is 12.1 Å². The lowest BCUT2D eigenvalue weighted by atomic mass is 9.87. The Morgan fingerprint density at radius 3 is 1.68 bits per heavy atom. The minimum atomic E-state index is -0.657. The third kappa shape index (κ3) is 15.4. The second kappa shape index (κ2) is 22.6. The second-order valence-electron chi connectivity index (χ2n) is 19.8. The molecule has 6 amide bonds. The summed E-state index contributed by atoms with van der Waals surface area (Å²) in [4.78, 5) is 56.4. The van der Waals surface area contributed by atoms with Crippen LogP contribution < -0.4 is 41.4 Å². The summed E-state index contributed by atoms with van der Waals surface area (Å²) in [5, 5.41) is 21.0. The molecule has 19 heteroatoms. The standard InChI is InChI=1S/C28H33FN6O3.C25H26ClFN4O3/c1-28(2,3)23-14-25(35(34-23)15-17-4-5-17)33-27(37)31-22-9-8-20(13-21(22)29)38-16-18-10-11-30-24(12-18)32-26(36)19-6-7-19;1-15(32)29-23-11-16(9-10-28-23)14-34-18-6-8-21(20(27)13-18)30-24(33)31-22-12-17(25(2,3)4)5-7-19(22)26/h8-14,17,19H,4-7,15-16H2,1-3H3,(H,30,32,36)(H2,31,33,37);5-13H,14H2,1-4H3,(H,28,29,32)(H2,30,31,33). The van der Waals surface area contributed by atoms with Crippen LogP contribution in [0.4, 0.5) is 52.9 Å². The molecule has 2 saturated carbocycles. The van der Waals surface area contributed by atoms with Crippen LogP contribution in [0.15, 0.2) is 97.3 Å². The van der Waals surface area contributed by atoms with Gasteiger partial charge in [-0.2, -0.15) is 5.10 Å². The molecule has 3 heterocycles. The normalized spacial score (nSPS) is 13.2. The quantitative estimate of drug-likeness (QED) is 0.0579. The van der Waals surface area contributed by atoms with E-state index in [4.69, 9.17) is 21.1 Å². The molecule has 3 aromatic heterocycles. The molecular formula is C53H59ClF2N10O6. The van der Waals surface area contributed by atoms with Crippen molar-refractivity contribution in [3.8, 4) is 11.5 Å². The topological polar surface area (TPSA) is 203 Å². The number of nitrogens with one attached hydrogen (secondary N) is 6. The van der Waals surface area contributed by atoms with Gasteiger partial charge in [-0.3, -0.25) is 14.9 Å². The molecule has 3 aromatic carbocycles. The van der Waals surface area contributed by atoms with E-state index >= 15 is 0 Å². The summed E-state index contributed by atoms with van der Waals surface area (Å²) in [5.41, 5.74) is 3.58. The van der Waals surface area contributed by atoms with Crippen LogP contribution in [0.5, 0.6) is 11.5 Å². The number of amides is 6. The van der Waals surface area contributed by atoms with Gasteiger partial charge in [-0.05, 0) is 114 Å². The van der Waals surface area contributed by atoms with Gasteiger partial charge in [0.05, 0.1) is 27.8 Å². The van der Waals surface area contributed by atoms with Crippen LogP contribution in [0.25, 0.3) is 0 Å². The molecule has 6 N–H and O–H groups in total. The number of ether oxygens (including phenoxy) is 2. The number of rotatable bonds is 15. The molecule has 378 valence electrons. The average Bonchev–Trinajstić information content (AvgIpc) is 4.26. The molecule has 6 aromatic rings. The second-order valence-corrected chi connectivity index (χ2v) is 20.2. The molecular weight excluding hydrogens is 946 g/mol. The van der Waals surface area contributed by atoms with E-state index in [1.54, 1.807) is 60.9 Å². The highest BCUT2D eigenvalue weighted by Gasteiger charge is 2.30. The summed E-state index contributed by atoms with van der Waals surface area (Å²) >= 11 is 6.21. The first-order valence-electron chi connectivity index (χ1n) is 23.5. The monoisotopic (exact) mass is 1000 g/mol. The van der Waals surface area contributed by atoms with Gasteiger partial charge in [0.25, 0.3) is 0 Å². The van der Waals surface area contributed by atoms with E-state index in [0.717, 1.165) is 54.6 Å². The number of aromatic nitrogens is 4. The van der Waals surface area contributed by atoms with Gasteiger partial charge in [-0.25, -0.2) is 33.0 Å². The van der Waals surface area contributed by atoms with Crippen molar-refractivity contribution >= 4 is 70.0 Å². The fourth-order valence-electron chi connectivity index (χ4n) is 6.93. The van der Waals surface area contributed by atoms with E-state index in [1.807, 2.05) is 16.8 Å². The molecule has 8 rings (SSSR count). The molecule has 0 radical (unpaired) electrons. The average molecular weight is 1010 g/mol. The number of pyridine rings is 2. The van der Waals surface area contributed by atoms with Crippen LogP contribution in [0, 0.1) is 23.5 Å². The molecule has 0 atom stereocenters. The number of hydrogen-bond donors (Lipinski definition) is 6. The summed E-state index contributed by atoms with van der Waals surface area (Å²) in [6.45, 7) is 14.8. The molecule has 2 aliphatic rings. The molecule has 72 heavy (non-hydrogen) atoms. The molecule has 0 unspecified atom stereocenters. The number of hydrogen-bond acceptors (Lipinski definition) is 9. The summed E-state index contributed by atoms with van der Waals surface area (Å²) in [7, 11) is 0. The van der Waals surface area contributed by atoms with Crippen LogP contribution >= 0.6 is 11.6 Å². The third-order valence-electron chi connectivity index (χ3n) is 11.3. The van der Waals surface area contributed by atoms with Gasteiger partial charge in [0.15, 0.2) is 0 Å². The zero-order valence-corrected chi connectivity index (χ0v) is 42.0. The first-order chi connectivity index (χ1) is 34.1. The van der Waals surface area contributed by atoms with Crippen molar-refractivity contribution in [1.29, 1.82) is 0 Å². The first-order valence-corrected chi connectivity index (χ1v) is 23.9. The Kier molecular flexibility index (Phi) is 16.4. The van der Waals surface area contributed by atoms with E-state index in [1.165, 1.54) is 31.2 Å². The van der Waals surface area contributed by atoms with E-state index in [0.29, 0.717) is 39.8 Å². The van der Waals surface area contributed by atoms with Crippen molar-refractivity contribution in [1.82, 2.24) is 19.7 Å². The van der Waals surface area contributed by atoms with Gasteiger partial charge in [0, 0.05) is 55.4 Å². The van der Waals surface area contributed by atoms with E-state index in [2.05, 4.69) is 88.5 Å². The van der Waals surface area contributed by atoms with Crippen molar-refractivity contribution in [3.63, 3.8) is 0 Å². The Hall–Kier alpha value is -7.60. The number of anilines is 6. The largest absolute Gasteiger partial charge is 0.489 e. The van der Waals surface area contributed by atoms with Gasteiger partial charge in [0.2, 0.25) is 11.8 Å². The highest BCUT2D eigenvalue weighted by atomic mass is 35.5. The smallest absolute Gasteiger partial charge is 0.324 e. The molecule has 2 fully saturated rings. The van der Waals surface area contributed by atoms with Gasteiger partial charge in [-0.15, -0.1) is 0 Å². The summed E-state index contributed by atoms with van der Waals surface area (Å²) in [6, 6.07) is 21.4. The fraction of sp³-hybridized carbons (Fsp3) is 0.340. The Morgan fingerprint density at radius 2 is 1.18 bits per heavy atom. The lowest BCUT2D eigenvalue weighted by molar-refractivity contribution is -0.117. The number of urea groups is 2. The highest BCUT2D eigenvalue weighted by Crippen LogP contribution is 2.34. The van der Waals surface area contributed by atoms with Crippen molar-refractivity contribution in [2.45, 2.75) is 105 Å².